The van der Waals surface area contributed by atoms with Gasteiger partial charge in [-0.05, 0) is 36.5 Å². The quantitative estimate of drug-likeness (QED) is 0.646. The molecule has 1 aliphatic rings. The predicted octanol–water partition coefficient (Wildman–Crippen LogP) is 1.03. The highest BCUT2D eigenvalue weighted by Crippen LogP contribution is 2.20. The normalized spacial score (nSPS) is 15.0. The number of hydrogen-bond donors (Lipinski definition) is 1. The van der Waals surface area contributed by atoms with Gasteiger partial charge in [-0.2, -0.15) is 0 Å². The third-order valence-electron chi connectivity index (χ3n) is 2.24. The second kappa shape index (κ2) is 2.62. The molecule has 0 aromatic carbocycles. The maximum Gasteiger partial charge on any atom is 0.0542 e. The molecule has 1 aromatic heterocycles. The molecule has 0 fully saturated rings. The molecule has 0 saturated carbocycles. The number of pyridine rings is 1. The van der Waals surface area contributed by atoms with Gasteiger partial charge in [-0.3, -0.25) is 4.98 Å². The summed E-state index contributed by atoms with van der Waals surface area (Å²) in [5, 5.41) is 0. The van der Waals surface area contributed by atoms with Crippen LogP contribution >= 0.6 is 0 Å². The van der Waals surface area contributed by atoms with Crippen molar-refractivity contribution in [1.82, 2.24) is 4.98 Å². The fourth-order valence-electron chi connectivity index (χ4n) is 1.61. The van der Waals surface area contributed by atoms with Gasteiger partial charge in [0, 0.05) is 12.7 Å². The van der Waals surface area contributed by atoms with Crippen LogP contribution in [0.2, 0.25) is 0 Å². The minimum absolute atomic E-state index is 0.563. The zero-order chi connectivity index (χ0) is 7.68. The fourth-order valence-corrected chi connectivity index (χ4v) is 1.61. The van der Waals surface area contributed by atoms with Gasteiger partial charge < -0.3 is 5.73 Å². The zero-order valence-electron chi connectivity index (χ0n) is 6.51. The lowest BCUT2D eigenvalue weighted by Crippen LogP contribution is -2.00. The first-order valence-electron chi connectivity index (χ1n) is 4.07. The van der Waals surface area contributed by atoms with Crippen LogP contribution in [0, 0.1) is 0 Å². The molecule has 2 nitrogen and oxygen atoms in total. The molecule has 0 saturated heterocycles. The van der Waals surface area contributed by atoms with Crippen molar-refractivity contribution in [2.45, 2.75) is 25.8 Å². The Kier molecular flexibility index (Phi) is 1.62. The summed E-state index contributed by atoms with van der Waals surface area (Å²) in [7, 11) is 0. The first kappa shape index (κ1) is 6.80. The molecule has 0 amide bonds. The average Bonchev–Trinajstić information content (AvgIpc) is 2.50. The lowest BCUT2D eigenvalue weighted by molar-refractivity contribution is 0.911. The topological polar surface area (TPSA) is 38.9 Å². The van der Waals surface area contributed by atoms with Gasteiger partial charge in [0.2, 0.25) is 0 Å². The largest absolute Gasteiger partial charge is 0.325 e. The van der Waals surface area contributed by atoms with Crippen LogP contribution in [-0.4, -0.2) is 4.98 Å². The molecule has 0 spiro atoms. The maximum absolute atomic E-state index is 5.48. The summed E-state index contributed by atoms with van der Waals surface area (Å²) in [5.74, 6) is 0. The molecule has 0 radical (unpaired) electrons. The van der Waals surface area contributed by atoms with Crippen LogP contribution in [0.5, 0.6) is 0 Å². The Hall–Kier alpha value is -0.890. The Balaban J connectivity index is 2.41. The molecule has 1 aliphatic carbocycles. The van der Waals surface area contributed by atoms with Gasteiger partial charge >= 0.3 is 0 Å². The highest BCUT2D eigenvalue weighted by Gasteiger charge is 2.10. The van der Waals surface area contributed by atoms with Crippen molar-refractivity contribution in [2.24, 2.45) is 5.73 Å². The molecule has 0 aliphatic heterocycles. The zero-order valence-corrected chi connectivity index (χ0v) is 6.51. The number of fused-ring (bicyclic) bond motifs is 1. The molecule has 2 N–H and O–H groups in total. The lowest BCUT2D eigenvalue weighted by Gasteiger charge is -1.99. The van der Waals surface area contributed by atoms with Crippen LogP contribution in [0.4, 0.5) is 0 Å². The highest BCUT2D eigenvalue weighted by molar-refractivity contribution is 5.30. The van der Waals surface area contributed by atoms with Crippen molar-refractivity contribution in [3.05, 3.63) is 29.1 Å². The van der Waals surface area contributed by atoms with Crippen LogP contribution in [0.3, 0.4) is 0 Å². The first-order valence-corrected chi connectivity index (χ1v) is 4.07. The number of nitrogens with two attached hydrogens (primary N) is 1. The Bertz CT molecular complexity index is 268. The monoisotopic (exact) mass is 148 g/mol. The number of aromatic nitrogens is 1. The van der Waals surface area contributed by atoms with E-state index in [0.717, 1.165) is 5.69 Å². The number of nitrogens with zero attached hydrogens (tertiary/aromatic N) is 1. The second-order valence-electron chi connectivity index (χ2n) is 3.00. The summed E-state index contributed by atoms with van der Waals surface area (Å²) in [6.45, 7) is 0.563. The maximum atomic E-state index is 5.48. The minimum atomic E-state index is 0.563. The van der Waals surface area contributed by atoms with E-state index in [9.17, 15) is 0 Å². The smallest absolute Gasteiger partial charge is 0.0542 e. The van der Waals surface area contributed by atoms with E-state index >= 15 is 0 Å². The molecule has 58 valence electrons. The van der Waals surface area contributed by atoms with Crippen LogP contribution < -0.4 is 5.73 Å². The van der Waals surface area contributed by atoms with E-state index in [1.54, 1.807) is 0 Å². The van der Waals surface area contributed by atoms with E-state index < -0.39 is 0 Å². The van der Waals surface area contributed by atoms with Crippen molar-refractivity contribution in [3.63, 3.8) is 0 Å². The Morgan fingerprint density at radius 2 is 2.18 bits per heavy atom. The second-order valence-corrected chi connectivity index (χ2v) is 3.00. The average molecular weight is 148 g/mol. The Morgan fingerprint density at radius 3 is 3.00 bits per heavy atom. The SMILES string of the molecule is NCc1cc2c(cn1)CCC2. The lowest BCUT2D eigenvalue weighted by atomic mass is 10.1. The van der Waals surface area contributed by atoms with Crippen LogP contribution in [0.15, 0.2) is 12.3 Å². The predicted molar refractivity (Wildman–Crippen MR) is 44.2 cm³/mol. The van der Waals surface area contributed by atoms with Crippen molar-refractivity contribution in [1.29, 1.82) is 0 Å². The van der Waals surface area contributed by atoms with E-state index in [0.29, 0.717) is 6.54 Å². The fraction of sp³-hybridized carbons (Fsp3) is 0.444. The molecule has 2 rings (SSSR count). The summed E-state index contributed by atoms with van der Waals surface area (Å²) >= 11 is 0. The standard InChI is InChI=1S/C9H12N2/c10-5-9-4-7-2-1-3-8(7)6-11-9/h4,6H,1-3,5,10H2. The van der Waals surface area contributed by atoms with Crippen molar-refractivity contribution < 1.29 is 0 Å². The minimum Gasteiger partial charge on any atom is -0.325 e. The molecular formula is C9H12N2. The molecular weight excluding hydrogens is 136 g/mol. The van der Waals surface area contributed by atoms with E-state index in [1.807, 2.05) is 6.20 Å². The Morgan fingerprint density at radius 1 is 1.36 bits per heavy atom. The van der Waals surface area contributed by atoms with Gasteiger partial charge in [0.05, 0.1) is 5.69 Å². The van der Waals surface area contributed by atoms with Gasteiger partial charge in [-0.1, -0.05) is 0 Å². The summed E-state index contributed by atoms with van der Waals surface area (Å²) in [5.41, 5.74) is 9.38. The van der Waals surface area contributed by atoms with Gasteiger partial charge in [-0.25, -0.2) is 0 Å². The van der Waals surface area contributed by atoms with Crippen molar-refractivity contribution >= 4 is 0 Å². The molecule has 0 unspecified atom stereocenters. The third kappa shape index (κ3) is 1.14. The van der Waals surface area contributed by atoms with Gasteiger partial charge in [-0.15, -0.1) is 0 Å². The molecule has 11 heavy (non-hydrogen) atoms. The highest BCUT2D eigenvalue weighted by atomic mass is 14.7. The summed E-state index contributed by atoms with van der Waals surface area (Å²) in [6, 6.07) is 2.14. The van der Waals surface area contributed by atoms with E-state index in [4.69, 9.17) is 5.73 Å². The first-order chi connectivity index (χ1) is 5.40. The molecule has 0 bridgehead atoms. The van der Waals surface area contributed by atoms with Crippen LogP contribution in [0.25, 0.3) is 0 Å². The number of hydrogen-bond acceptors (Lipinski definition) is 2. The summed E-state index contributed by atoms with van der Waals surface area (Å²) in [4.78, 5) is 4.24. The van der Waals surface area contributed by atoms with E-state index in [-0.39, 0.29) is 0 Å². The van der Waals surface area contributed by atoms with E-state index in [1.165, 1.54) is 30.4 Å². The van der Waals surface area contributed by atoms with Gasteiger partial charge in [0.1, 0.15) is 0 Å². The van der Waals surface area contributed by atoms with Crippen LogP contribution in [0.1, 0.15) is 23.2 Å². The number of rotatable bonds is 1. The molecule has 2 heteroatoms. The van der Waals surface area contributed by atoms with E-state index in [2.05, 4.69) is 11.1 Å². The molecule has 1 aromatic rings. The van der Waals surface area contributed by atoms with Crippen molar-refractivity contribution in [2.75, 3.05) is 0 Å². The van der Waals surface area contributed by atoms with Gasteiger partial charge in [0.25, 0.3) is 0 Å². The Labute approximate surface area is 66.4 Å². The summed E-state index contributed by atoms with van der Waals surface area (Å²) < 4.78 is 0. The molecule has 0 atom stereocenters. The van der Waals surface area contributed by atoms with Crippen LogP contribution in [-0.2, 0) is 19.4 Å². The summed E-state index contributed by atoms with van der Waals surface area (Å²) in [6.07, 6.45) is 5.67. The van der Waals surface area contributed by atoms with Crippen molar-refractivity contribution in [3.8, 4) is 0 Å². The molecule has 1 heterocycles. The van der Waals surface area contributed by atoms with Gasteiger partial charge in [0.15, 0.2) is 0 Å². The number of aryl methyl sites for hydroxylation is 2. The third-order valence-corrected chi connectivity index (χ3v) is 2.24.